The van der Waals surface area contributed by atoms with E-state index in [0.29, 0.717) is 24.3 Å². The second kappa shape index (κ2) is 10.8. The van der Waals surface area contributed by atoms with Crippen molar-refractivity contribution in [2.75, 3.05) is 39.7 Å². The number of rotatable bonds is 9. The number of hydrogen-bond acceptors (Lipinski definition) is 5. The van der Waals surface area contributed by atoms with Crippen LogP contribution < -0.4 is 10.9 Å². The number of aromatic amines is 1. The van der Waals surface area contributed by atoms with E-state index < -0.39 is 10.0 Å². The number of ether oxygens (including phenoxy) is 1. The molecule has 182 valence electrons. The second-order valence-electron chi connectivity index (χ2n) is 8.20. The van der Waals surface area contributed by atoms with Crippen molar-refractivity contribution in [3.8, 4) is 0 Å². The third kappa shape index (κ3) is 5.82. The second-order valence-corrected chi connectivity index (χ2v) is 10.1. The molecule has 3 rings (SSSR count). The minimum Gasteiger partial charge on any atom is -0.385 e. The van der Waals surface area contributed by atoms with Crippen LogP contribution >= 0.6 is 0 Å². The summed E-state index contributed by atoms with van der Waals surface area (Å²) in [6, 6.07) is 13.1. The van der Waals surface area contributed by atoms with Crippen molar-refractivity contribution in [3.05, 3.63) is 70.0 Å². The molecule has 0 aliphatic rings. The highest BCUT2D eigenvalue weighted by Gasteiger charge is 2.25. The average molecular weight is 487 g/mol. The largest absolute Gasteiger partial charge is 0.385 e. The number of benzene rings is 2. The number of carbonyl (C=O) groups excluding carboxylic acids is 1. The van der Waals surface area contributed by atoms with Gasteiger partial charge in [-0.15, -0.1) is 0 Å². The zero-order chi connectivity index (χ0) is 24.9. The van der Waals surface area contributed by atoms with Crippen molar-refractivity contribution >= 4 is 32.6 Å². The highest BCUT2D eigenvalue weighted by Crippen LogP contribution is 2.22. The summed E-state index contributed by atoms with van der Waals surface area (Å²) < 4.78 is 33.3. The SMILES string of the molecule is COCCCN(Cc1cc2cccc(C)c2[nH]c1=O)S(=O)(=O)c1ccc(NC(=O)N(C)C)cc1. The molecular weight excluding hydrogens is 456 g/mol. The maximum absolute atomic E-state index is 13.5. The average Bonchev–Trinajstić information content (AvgIpc) is 2.79. The van der Waals surface area contributed by atoms with Gasteiger partial charge in [-0.2, -0.15) is 4.31 Å². The first kappa shape index (κ1) is 25.4. The van der Waals surface area contributed by atoms with E-state index in [9.17, 15) is 18.0 Å². The summed E-state index contributed by atoms with van der Waals surface area (Å²) in [5.41, 5.74) is 2.18. The minimum absolute atomic E-state index is 0.0702. The molecule has 3 aromatic rings. The van der Waals surface area contributed by atoms with E-state index in [2.05, 4.69) is 10.3 Å². The third-order valence-corrected chi connectivity index (χ3v) is 7.28. The molecule has 0 fully saturated rings. The summed E-state index contributed by atoms with van der Waals surface area (Å²) in [6.07, 6.45) is 0.470. The molecule has 10 heteroatoms. The Bertz CT molecular complexity index is 1320. The van der Waals surface area contributed by atoms with Crippen LogP contribution in [0.5, 0.6) is 0 Å². The molecule has 0 aliphatic heterocycles. The summed E-state index contributed by atoms with van der Waals surface area (Å²) in [5.74, 6) is 0. The third-order valence-electron chi connectivity index (χ3n) is 5.42. The molecule has 2 amide bonds. The molecule has 0 bridgehead atoms. The van der Waals surface area contributed by atoms with Crippen LogP contribution in [0.3, 0.4) is 0 Å². The Morgan fingerprint density at radius 3 is 2.47 bits per heavy atom. The molecule has 34 heavy (non-hydrogen) atoms. The summed E-state index contributed by atoms with van der Waals surface area (Å²) in [6.45, 7) is 2.39. The number of sulfonamides is 1. The summed E-state index contributed by atoms with van der Waals surface area (Å²) in [4.78, 5) is 28.9. The maximum atomic E-state index is 13.5. The van der Waals surface area contributed by atoms with Gasteiger partial charge in [-0.1, -0.05) is 18.2 Å². The monoisotopic (exact) mass is 486 g/mol. The highest BCUT2D eigenvalue weighted by molar-refractivity contribution is 7.89. The standard InChI is InChI=1S/C24H30N4O5S/c1-17-7-5-8-18-15-19(23(29)26-22(17)18)16-28(13-6-14-33-4)34(31,32)21-11-9-20(10-12-21)25-24(30)27(2)3/h5,7-12,15H,6,13-14,16H2,1-4H3,(H,25,30)(H,26,29). The molecule has 1 aromatic heterocycles. The Labute approximate surface area is 199 Å². The lowest BCUT2D eigenvalue weighted by Crippen LogP contribution is -2.34. The predicted molar refractivity (Wildman–Crippen MR) is 133 cm³/mol. The highest BCUT2D eigenvalue weighted by atomic mass is 32.2. The van der Waals surface area contributed by atoms with Gasteiger partial charge in [0.2, 0.25) is 10.0 Å². The molecule has 0 unspecified atom stereocenters. The van der Waals surface area contributed by atoms with E-state index >= 15 is 0 Å². The number of pyridine rings is 1. The number of anilines is 1. The Balaban J connectivity index is 1.92. The number of hydrogen-bond donors (Lipinski definition) is 2. The van der Waals surface area contributed by atoms with Crippen LogP contribution in [0.4, 0.5) is 10.5 Å². The molecule has 0 aliphatic carbocycles. The quantitative estimate of drug-likeness (QED) is 0.451. The number of para-hydroxylation sites is 1. The van der Waals surface area contributed by atoms with Crippen LogP contribution in [0.2, 0.25) is 0 Å². The van der Waals surface area contributed by atoms with Crippen molar-refractivity contribution in [2.45, 2.75) is 24.8 Å². The fourth-order valence-electron chi connectivity index (χ4n) is 3.50. The van der Waals surface area contributed by atoms with Crippen LogP contribution in [-0.4, -0.2) is 63.0 Å². The molecule has 0 radical (unpaired) electrons. The lowest BCUT2D eigenvalue weighted by Gasteiger charge is -2.22. The first-order valence-corrected chi connectivity index (χ1v) is 12.3. The van der Waals surface area contributed by atoms with Crippen LogP contribution in [0.15, 0.2) is 58.2 Å². The lowest BCUT2D eigenvalue weighted by molar-refractivity contribution is 0.186. The molecule has 0 saturated heterocycles. The number of amides is 2. The molecule has 2 aromatic carbocycles. The van der Waals surface area contributed by atoms with Gasteiger partial charge in [0.05, 0.1) is 10.4 Å². The number of urea groups is 1. The van der Waals surface area contributed by atoms with E-state index in [1.807, 2.05) is 25.1 Å². The van der Waals surface area contributed by atoms with Gasteiger partial charge in [0.25, 0.3) is 5.56 Å². The van der Waals surface area contributed by atoms with Gasteiger partial charge in [0.15, 0.2) is 0 Å². The zero-order valence-electron chi connectivity index (χ0n) is 19.8. The number of aryl methyl sites for hydroxylation is 1. The van der Waals surface area contributed by atoms with E-state index in [1.165, 1.54) is 33.5 Å². The Kier molecular flexibility index (Phi) is 8.08. The van der Waals surface area contributed by atoms with Gasteiger partial charge in [-0.3, -0.25) is 4.79 Å². The summed E-state index contributed by atoms with van der Waals surface area (Å²) >= 11 is 0. The number of H-pyrrole nitrogens is 1. The molecule has 9 nitrogen and oxygen atoms in total. The molecule has 2 N–H and O–H groups in total. The maximum Gasteiger partial charge on any atom is 0.321 e. The Morgan fingerprint density at radius 1 is 1.12 bits per heavy atom. The molecule has 0 spiro atoms. The predicted octanol–water partition coefficient (Wildman–Crippen LogP) is 3.16. The number of carbonyl (C=O) groups is 1. The molecular formula is C24H30N4O5S. The normalized spacial score (nSPS) is 11.7. The van der Waals surface area contributed by atoms with Gasteiger partial charge in [-0.05, 0) is 54.6 Å². The van der Waals surface area contributed by atoms with Crippen molar-refractivity contribution in [1.82, 2.24) is 14.2 Å². The van der Waals surface area contributed by atoms with Gasteiger partial charge >= 0.3 is 6.03 Å². The van der Waals surface area contributed by atoms with Crippen LogP contribution in [0.25, 0.3) is 10.9 Å². The molecule has 0 atom stereocenters. The van der Waals surface area contributed by atoms with Crippen LogP contribution in [0, 0.1) is 6.92 Å². The van der Waals surface area contributed by atoms with E-state index in [1.54, 1.807) is 27.3 Å². The lowest BCUT2D eigenvalue weighted by atomic mass is 10.1. The number of aromatic nitrogens is 1. The molecule has 0 saturated carbocycles. The topological polar surface area (TPSA) is 112 Å². The van der Waals surface area contributed by atoms with E-state index in [4.69, 9.17) is 4.74 Å². The summed E-state index contributed by atoms with van der Waals surface area (Å²) in [7, 11) is 0.860. The number of fused-ring (bicyclic) bond motifs is 1. The Morgan fingerprint density at radius 2 is 1.82 bits per heavy atom. The van der Waals surface area contributed by atoms with Gasteiger partial charge in [0.1, 0.15) is 0 Å². The van der Waals surface area contributed by atoms with Crippen molar-refractivity contribution in [1.29, 1.82) is 0 Å². The minimum atomic E-state index is -3.92. The number of methoxy groups -OCH3 is 1. The van der Waals surface area contributed by atoms with Gasteiger partial charge in [-0.25, -0.2) is 13.2 Å². The van der Waals surface area contributed by atoms with Crippen LogP contribution in [0.1, 0.15) is 17.5 Å². The van der Waals surface area contributed by atoms with E-state index in [-0.39, 0.29) is 29.6 Å². The first-order valence-electron chi connectivity index (χ1n) is 10.8. The smallest absolute Gasteiger partial charge is 0.321 e. The summed E-state index contributed by atoms with van der Waals surface area (Å²) in [5, 5.41) is 3.51. The fourth-order valence-corrected chi connectivity index (χ4v) is 4.96. The molecule has 1 heterocycles. The van der Waals surface area contributed by atoms with Crippen molar-refractivity contribution in [3.63, 3.8) is 0 Å². The first-order chi connectivity index (χ1) is 16.1. The number of nitrogens with one attached hydrogen (secondary N) is 2. The zero-order valence-corrected chi connectivity index (χ0v) is 20.6. The van der Waals surface area contributed by atoms with Gasteiger partial charge < -0.3 is 19.9 Å². The number of nitrogens with zero attached hydrogens (tertiary/aromatic N) is 2. The Hall–Kier alpha value is -3.21. The van der Waals surface area contributed by atoms with E-state index in [0.717, 1.165) is 16.5 Å². The van der Waals surface area contributed by atoms with Crippen LogP contribution in [-0.2, 0) is 21.3 Å². The van der Waals surface area contributed by atoms with Gasteiger partial charge in [0, 0.05) is 52.2 Å². The fraction of sp³-hybridized carbons (Fsp3) is 0.333. The van der Waals surface area contributed by atoms with Crippen molar-refractivity contribution < 1.29 is 17.9 Å². The van der Waals surface area contributed by atoms with Crippen molar-refractivity contribution in [2.24, 2.45) is 0 Å².